The molecule has 0 aliphatic carbocycles. The third kappa shape index (κ3) is 3.92. The molecule has 0 radical (unpaired) electrons. The van der Waals surface area contributed by atoms with Gasteiger partial charge in [0.1, 0.15) is 0 Å². The first-order chi connectivity index (χ1) is 11.2. The van der Waals surface area contributed by atoms with Crippen molar-refractivity contribution < 1.29 is 4.79 Å². The van der Waals surface area contributed by atoms with Crippen LogP contribution in [0.5, 0.6) is 0 Å². The Kier molecular flexibility index (Phi) is 4.63. The van der Waals surface area contributed by atoms with E-state index in [4.69, 9.17) is 0 Å². The van der Waals surface area contributed by atoms with Crippen LogP contribution < -0.4 is 10.9 Å². The Balaban J connectivity index is 1.82. The number of aromatic amines is 1. The normalized spacial score (nSPS) is 11.8. The average molecular weight is 325 g/mol. The maximum absolute atomic E-state index is 12.4. The van der Waals surface area contributed by atoms with Crippen LogP contribution in [-0.2, 0) is 6.42 Å². The lowest BCUT2D eigenvalue weighted by Gasteiger charge is -2.18. The second-order valence-electron chi connectivity index (χ2n) is 5.06. The molecule has 3 aromatic rings. The number of aromatic nitrogens is 2. The summed E-state index contributed by atoms with van der Waals surface area (Å²) >= 11 is 1.62. The number of H-pyrrole nitrogens is 1. The number of hydrogen-bond donors (Lipinski definition) is 2. The molecule has 0 saturated carbocycles. The summed E-state index contributed by atoms with van der Waals surface area (Å²) in [5.74, 6) is -0.243. The van der Waals surface area contributed by atoms with E-state index >= 15 is 0 Å². The van der Waals surface area contributed by atoms with Crippen molar-refractivity contribution in [1.29, 1.82) is 0 Å². The zero-order valence-corrected chi connectivity index (χ0v) is 13.0. The molecule has 0 spiro atoms. The van der Waals surface area contributed by atoms with Crippen molar-refractivity contribution >= 4 is 17.2 Å². The molecule has 3 aromatic heterocycles. The van der Waals surface area contributed by atoms with Gasteiger partial charge in [-0.15, -0.1) is 0 Å². The van der Waals surface area contributed by atoms with Crippen LogP contribution in [-0.4, -0.2) is 15.9 Å². The first-order valence-corrected chi connectivity index (χ1v) is 8.08. The van der Waals surface area contributed by atoms with E-state index in [0.717, 1.165) is 11.3 Å². The molecule has 23 heavy (non-hydrogen) atoms. The van der Waals surface area contributed by atoms with Crippen LogP contribution in [0.3, 0.4) is 0 Å². The summed E-state index contributed by atoms with van der Waals surface area (Å²) in [6, 6.07) is 10.3. The van der Waals surface area contributed by atoms with Gasteiger partial charge in [-0.2, -0.15) is 11.3 Å². The van der Waals surface area contributed by atoms with Crippen molar-refractivity contribution in [3.05, 3.63) is 86.7 Å². The van der Waals surface area contributed by atoms with Gasteiger partial charge >= 0.3 is 0 Å². The molecule has 6 heteroatoms. The molecule has 1 amide bonds. The lowest BCUT2D eigenvalue weighted by atomic mass is 10.0. The largest absolute Gasteiger partial charge is 0.343 e. The Morgan fingerprint density at radius 1 is 1.26 bits per heavy atom. The third-order valence-corrected chi connectivity index (χ3v) is 4.15. The number of thiophene rings is 1. The number of carbonyl (C=O) groups excluding carboxylic acids is 1. The molecule has 3 rings (SSSR count). The number of amides is 1. The highest BCUT2D eigenvalue weighted by Crippen LogP contribution is 2.19. The van der Waals surface area contributed by atoms with E-state index in [9.17, 15) is 9.59 Å². The van der Waals surface area contributed by atoms with Gasteiger partial charge in [0, 0.05) is 18.5 Å². The lowest BCUT2D eigenvalue weighted by molar-refractivity contribution is 0.0935. The fourth-order valence-corrected chi connectivity index (χ4v) is 2.93. The van der Waals surface area contributed by atoms with Gasteiger partial charge in [0.25, 0.3) is 5.91 Å². The first-order valence-electron chi connectivity index (χ1n) is 7.14. The standard InChI is InChI=1S/C17H15N3O2S/c21-16-5-4-13(10-19-16)17(22)20-15(9-12-6-8-23-11-12)14-3-1-2-7-18-14/h1-8,10-11,15H,9H2,(H,19,21)(H,20,22)/t15-/m0/s1. The summed E-state index contributed by atoms with van der Waals surface area (Å²) in [7, 11) is 0. The molecule has 0 aliphatic heterocycles. The second kappa shape index (κ2) is 7.02. The minimum atomic E-state index is -0.243. The van der Waals surface area contributed by atoms with E-state index in [0.29, 0.717) is 12.0 Å². The van der Waals surface area contributed by atoms with Gasteiger partial charge in [-0.25, -0.2) is 0 Å². The van der Waals surface area contributed by atoms with Gasteiger partial charge in [-0.1, -0.05) is 6.07 Å². The van der Waals surface area contributed by atoms with Crippen LogP contribution in [0.1, 0.15) is 27.7 Å². The third-order valence-electron chi connectivity index (χ3n) is 3.42. The maximum Gasteiger partial charge on any atom is 0.253 e. The molecule has 1 atom stereocenters. The molecular formula is C17H15N3O2S. The molecule has 0 aliphatic rings. The summed E-state index contributed by atoms with van der Waals surface area (Å²) in [6.07, 6.45) is 3.79. The van der Waals surface area contributed by atoms with Crippen LogP contribution in [0.15, 0.2) is 64.3 Å². The van der Waals surface area contributed by atoms with E-state index in [1.165, 1.54) is 18.3 Å². The summed E-state index contributed by atoms with van der Waals surface area (Å²) < 4.78 is 0. The average Bonchev–Trinajstić information content (AvgIpc) is 3.09. The number of carbonyl (C=O) groups is 1. The Hall–Kier alpha value is -2.73. The molecule has 0 bridgehead atoms. The fourth-order valence-electron chi connectivity index (χ4n) is 2.25. The van der Waals surface area contributed by atoms with E-state index in [1.807, 2.05) is 29.6 Å². The SMILES string of the molecule is O=C(N[C@@H](Cc1ccsc1)c1ccccn1)c1ccc(=O)[nH]c1. The zero-order valence-electron chi connectivity index (χ0n) is 12.2. The minimum Gasteiger partial charge on any atom is -0.343 e. The Labute approximate surface area is 137 Å². The highest BCUT2D eigenvalue weighted by molar-refractivity contribution is 7.07. The van der Waals surface area contributed by atoms with Crippen molar-refractivity contribution in [2.24, 2.45) is 0 Å². The monoisotopic (exact) mass is 325 g/mol. The van der Waals surface area contributed by atoms with Crippen molar-refractivity contribution in [2.45, 2.75) is 12.5 Å². The summed E-state index contributed by atoms with van der Waals surface area (Å²) in [6.45, 7) is 0. The maximum atomic E-state index is 12.4. The van der Waals surface area contributed by atoms with Gasteiger partial charge in [0.05, 0.1) is 17.3 Å². The quantitative estimate of drug-likeness (QED) is 0.757. The van der Waals surface area contributed by atoms with Crippen molar-refractivity contribution in [3.63, 3.8) is 0 Å². The van der Waals surface area contributed by atoms with Gasteiger partial charge in [0.15, 0.2) is 0 Å². The van der Waals surface area contributed by atoms with E-state index in [-0.39, 0.29) is 17.5 Å². The highest BCUT2D eigenvalue weighted by atomic mass is 32.1. The number of nitrogens with zero attached hydrogens (tertiary/aromatic N) is 1. The molecule has 0 fully saturated rings. The molecule has 2 N–H and O–H groups in total. The molecular weight excluding hydrogens is 310 g/mol. The highest BCUT2D eigenvalue weighted by Gasteiger charge is 2.17. The number of nitrogens with one attached hydrogen (secondary N) is 2. The van der Waals surface area contributed by atoms with Gasteiger partial charge < -0.3 is 10.3 Å². The topological polar surface area (TPSA) is 74.8 Å². The van der Waals surface area contributed by atoms with Crippen LogP contribution in [0.2, 0.25) is 0 Å². The van der Waals surface area contributed by atoms with Gasteiger partial charge in [0.2, 0.25) is 5.56 Å². The molecule has 116 valence electrons. The lowest BCUT2D eigenvalue weighted by Crippen LogP contribution is -2.30. The zero-order chi connectivity index (χ0) is 16.1. The van der Waals surface area contributed by atoms with Gasteiger partial charge in [-0.05, 0) is 47.0 Å². The first kappa shape index (κ1) is 15.2. The van der Waals surface area contributed by atoms with Crippen LogP contribution in [0, 0.1) is 0 Å². The Morgan fingerprint density at radius 3 is 2.83 bits per heavy atom. The van der Waals surface area contributed by atoms with E-state index < -0.39 is 0 Å². The predicted octanol–water partition coefficient (Wildman–Crippen LogP) is 2.55. The Morgan fingerprint density at radius 2 is 2.17 bits per heavy atom. The molecule has 0 saturated heterocycles. The van der Waals surface area contributed by atoms with Crippen molar-refractivity contribution in [2.75, 3.05) is 0 Å². The molecule has 0 unspecified atom stereocenters. The second-order valence-corrected chi connectivity index (χ2v) is 5.84. The minimum absolute atomic E-state index is 0.231. The molecule has 5 nitrogen and oxygen atoms in total. The van der Waals surface area contributed by atoms with E-state index in [2.05, 4.69) is 20.7 Å². The number of hydrogen-bond acceptors (Lipinski definition) is 4. The van der Waals surface area contributed by atoms with Crippen LogP contribution in [0.25, 0.3) is 0 Å². The van der Waals surface area contributed by atoms with Crippen LogP contribution in [0.4, 0.5) is 0 Å². The summed E-state index contributed by atoms with van der Waals surface area (Å²) in [4.78, 5) is 30.4. The van der Waals surface area contributed by atoms with Gasteiger partial charge in [-0.3, -0.25) is 14.6 Å². The van der Waals surface area contributed by atoms with Crippen molar-refractivity contribution in [1.82, 2.24) is 15.3 Å². The van der Waals surface area contributed by atoms with E-state index in [1.54, 1.807) is 17.5 Å². The summed E-state index contributed by atoms with van der Waals surface area (Å²) in [5, 5.41) is 7.05. The molecule has 0 aromatic carbocycles. The van der Waals surface area contributed by atoms with Crippen molar-refractivity contribution in [3.8, 4) is 0 Å². The smallest absolute Gasteiger partial charge is 0.253 e. The van der Waals surface area contributed by atoms with Crippen LogP contribution >= 0.6 is 11.3 Å². The Bertz CT molecular complexity index is 808. The predicted molar refractivity (Wildman–Crippen MR) is 89.5 cm³/mol. The summed E-state index contributed by atoms with van der Waals surface area (Å²) in [5.41, 5.74) is 2.13. The number of rotatable bonds is 5. The molecule has 3 heterocycles. The fraction of sp³-hybridized carbons (Fsp3) is 0.118. The number of pyridine rings is 2.